The van der Waals surface area contributed by atoms with Crippen molar-refractivity contribution in [3.05, 3.63) is 58.1 Å². The Kier molecular flexibility index (Phi) is 8.73. The summed E-state index contributed by atoms with van der Waals surface area (Å²) in [4.78, 5) is 0. The van der Waals surface area contributed by atoms with Gasteiger partial charge in [0.05, 0.1) is 16.6 Å². The molecule has 0 aliphatic carbocycles. The maximum absolute atomic E-state index is 12.6. The molecule has 0 bridgehead atoms. The van der Waals surface area contributed by atoms with Crippen LogP contribution in [0, 0.1) is 0 Å². The van der Waals surface area contributed by atoms with Gasteiger partial charge in [-0.25, -0.2) is 0 Å². The number of alkyl halides is 3. The number of hydrogen-bond acceptors (Lipinski definition) is 8. The van der Waals surface area contributed by atoms with E-state index >= 15 is 0 Å². The molecule has 186 valence electrons. The van der Waals surface area contributed by atoms with Crippen LogP contribution in [0.1, 0.15) is 11.1 Å². The van der Waals surface area contributed by atoms with Crippen molar-refractivity contribution in [3.63, 3.8) is 0 Å². The summed E-state index contributed by atoms with van der Waals surface area (Å²) in [5.41, 5.74) is 0.216. The van der Waals surface area contributed by atoms with Crippen molar-refractivity contribution in [1.82, 2.24) is 0 Å². The zero-order chi connectivity index (χ0) is 25.0. The molecular weight excluding hydrogens is 547 g/mol. The SMILES string of the molecule is OC[C@H]1O[C@@H](Oc2ccc(COC(=S)Nc3ccc(C(F)(F)F)cc3)cc2Br)[C@H](O)[C@@H](O)[C@H]1O. The number of hydrogen-bond donors (Lipinski definition) is 5. The van der Waals surface area contributed by atoms with Crippen molar-refractivity contribution < 1.29 is 47.8 Å². The molecule has 1 heterocycles. The molecule has 13 heteroatoms. The minimum atomic E-state index is -4.43. The highest BCUT2D eigenvalue weighted by molar-refractivity contribution is 9.10. The number of ether oxygens (including phenoxy) is 3. The smallest absolute Gasteiger partial charge is 0.416 e. The first-order valence-corrected chi connectivity index (χ1v) is 11.1. The summed E-state index contributed by atoms with van der Waals surface area (Å²) >= 11 is 8.38. The number of benzene rings is 2. The predicted octanol–water partition coefficient (Wildman–Crippen LogP) is 2.56. The van der Waals surface area contributed by atoms with E-state index in [0.717, 1.165) is 12.1 Å². The van der Waals surface area contributed by atoms with Crippen LogP contribution in [0.15, 0.2) is 46.9 Å². The Morgan fingerprint density at radius 1 is 1.06 bits per heavy atom. The van der Waals surface area contributed by atoms with Crippen molar-refractivity contribution in [1.29, 1.82) is 0 Å². The lowest BCUT2D eigenvalue weighted by atomic mass is 9.99. The molecule has 0 radical (unpaired) electrons. The molecule has 8 nitrogen and oxygen atoms in total. The van der Waals surface area contributed by atoms with Crippen LogP contribution in [-0.4, -0.2) is 62.9 Å². The number of thiocarbonyl (C=S) groups is 1. The Labute approximate surface area is 206 Å². The van der Waals surface area contributed by atoms with Gasteiger partial charge in [0, 0.05) is 5.69 Å². The first kappa shape index (κ1) is 26.6. The van der Waals surface area contributed by atoms with E-state index in [-0.39, 0.29) is 17.5 Å². The maximum atomic E-state index is 12.6. The van der Waals surface area contributed by atoms with Crippen LogP contribution in [0.4, 0.5) is 18.9 Å². The van der Waals surface area contributed by atoms with Gasteiger partial charge in [-0.05, 0) is 70.1 Å². The third-order valence-corrected chi connectivity index (χ3v) is 5.76. The Bertz CT molecular complexity index is 993. The average molecular weight is 568 g/mol. The van der Waals surface area contributed by atoms with Crippen LogP contribution < -0.4 is 10.1 Å². The van der Waals surface area contributed by atoms with Gasteiger partial charge in [-0.1, -0.05) is 6.07 Å². The van der Waals surface area contributed by atoms with E-state index in [1.807, 2.05) is 0 Å². The number of anilines is 1. The van der Waals surface area contributed by atoms with E-state index in [2.05, 4.69) is 21.2 Å². The molecular formula is C21H21BrF3NO7S. The monoisotopic (exact) mass is 567 g/mol. The highest BCUT2D eigenvalue weighted by Gasteiger charge is 2.44. The molecule has 0 spiro atoms. The standard InChI is InChI=1S/C21H21BrF3NO7S/c22-13-7-10(9-31-20(34)26-12-4-2-11(3-5-12)21(23,24)25)1-6-14(13)32-19-18(30)17(29)16(28)15(8-27)33-19/h1-7,15-19,27-30H,8-9H2,(H,26,34)/t15-,16+,17+,18-,19-/m1/s1. The van der Waals surface area contributed by atoms with Crippen LogP contribution in [0.25, 0.3) is 0 Å². The second-order valence-electron chi connectivity index (χ2n) is 7.36. The third kappa shape index (κ3) is 6.56. The van der Waals surface area contributed by atoms with Crippen LogP contribution in [0.2, 0.25) is 0 Å². The fraction of sp³-hybridized carbons (Fsp3) is 0.381. The third-order valence-electron chi connectivity index (χ3n) is 4.92. The van der Waals surface area contributed by atoms with Crippen LogP contribution in [0.5, 0.6) is 5.75 Å². The van der Waals surface area contributed by atoms with Gasteiger partial charge in [-0.15, -0.1) is 0 Å². The second kappa shape index (κ2) is 11.2. The molecule has 1 fully saturated rings. The van der Waals surface area contributed by atoms with Gasteiger partial charge >= 0.3 is 6.18 Å². The fourth-order valence-corrected chi connectivity index (χ4v) is 3.76. The molecule has 1 aliphatic heterocycles. The minimum Gasteiger partial charge on any atom is -0.466 e. The fourth-order valence-electron chi connectivity index (χ4n) is 3.06. The van der Waals surface area contributed by atoms with Crippen molar-refractivity contribution in [2.24, 2.45) is 0 Å². The predicted molar refractivity (Wildman–Crippen MR) is 121 cm³/mol. The summed E-state index contributed by atoms with van der Waals surface area (Å²) in [6.45, 7) is -0.548. The largest absolute Gasteiger partial charge is 0.466 e. The molecule has 0 saturated carbocycles. The van der Waals surface area contributed by atoms with E-state index in [1.165, 1.54) is 18.2 Å². The van der Waals surface area contributed by atoms with Crippen molar-refractivity contribution in [3.8, 4) is 5.75 Å². The topological polar surface area (TPSA) is 121 Å². The summed E-state index contributed by atoms with van der Waals surface area (Å²) in [7, 11) is 0. The lowest BCUT2D eigenvalue weighted by Gasteiger charge is -2.39. The highest BCUT2D eigenvalue weighted by atomic mass is 79.9. The van der Waals surface area contributed by atoms with Gasteiger partial charge < -0.3 is 40.0 Å². The first-order chi connectivity index (χ1) is 16.0. The number of nitrogens with one attached hydrogen (secondary N) is 1. The number of aliphatic hydroxyl groups is 4. The van der Waals surface area contributed by atoms with Gasteiger partial charge in [0.1, 0.15) is 36.8 Å². The molecule has 2 aromatic rings. The molecule has 1 aliphatic rings. The van der Waals surface area contributed by atoms with Crippen molar-refractivity contribution in [2.45, 2.75) is 43.5 Å². The molecule has 5 atom stereocenters. The first-order valence-electron chi connectivity index (χ1n) is 9.86. The molecule has 34 heavy (non-hydrogen) atoms. The Hall–Kier alpha value is -2.00. The number of halogens is 4. The highest BCUT2D eigenvalue weighted by Crippen LogP contribution is 2.31. The van der Waals surface area contributed by atoms with E-state index in [9.17, 15) is 33.6 Å². The summed E-state index contributed by atoms with van der Waals surface area (Å²) in [6, 6.07) is 9.13. The zero-order valence-corrected chi connectivity index (χ0v) is 19.7. The average Bonchev–Trinajstić information content (AvgIpc) is 2.79. The Balaban J connectivity index is 1.55. The van der Waals surface area contributed by atoms with E-state index in [1.54, 1.807) is 12.1 Å². The molecule has 3 rings (SSSR count). The number of rotatable bonds is 6. The number of aliphatic hydroxyl groups excluding tert-OH is 4. The van der Waals surface area contributed by atoms with Crippen LogP contribution in [-0.2, 0) is 22.3 Å². The van der Waals surface area contributed by atoms with E-state index in [0.29, 0.717) is 15.7 Å². The second-order valence-corrected chi connectivity index (χ2v) is 8.58. The van der Waals surface area contributed by atoms with Gasteiger partial charge in [0.2, 0.25) is 6.29 Å². The summed E-state index contributed by atoms with van der Waals surface area (Å²) in [6.07, 6.45) is -11.5. The van der Waals surface area contributed by atoms with Gasteiger partial charge in [-0.2, -0.15) is 13.2 Å². The molecule has 0 unspecified atom stereocenters. The van der Waals surface area contributed by atoms with E-state index < -0.39 is 49.1 Å². The molecule has 1 saturated heterocycles. The lowest BCUT2D eigenvalue weighted by Crippen LogP contribution is -2.60. The quantitative estimate of drug-likeness (QED) is 0.335. The van der Waals surface area contributed by atoms with Gasteiger partial charge in [0.15, 0.2) is 0 Å². The normalized spacial score (nSPS) is 25.0. The summed E-state index contributed by atoms with van der Waals surface area (Å²) < 4.78 is 54.7. The lowest BCUT2D eigenvalue weighted by molar-refractivity contribution is -0.277. The molecule has 2 aromatic carbocycles. The van der Waals surface area contributed by atoms with E-state index in [4.69, 9.17) is 26.4 Å². The maximum Gasteiger partial charge on any atom is 0.416 e. The van der Waals surface area contributed by atoms with Crippen molar-refractivity contribution >= 4 is 39.0 Å². The molecule has 0 aromatic heterocycles. The van der Waals surface area contributed by atoms with Crippen molar-refractivity contribution in [2.75, 3.05) is 11.9 Å². The summed E-state index contributed by atoms with van der Waals surface area (Å²) in [5, 5.41) is 41.7. The molecule has 5 N–H and O–H groups in total. The molecule has 0 amide bonds. The summed E-state index contributed by atoms with van der Waals surface area (Å²) in [5.74, 6) is 0.249. The van der Waals surface area contributed by atoms with Crippen LogP contribution >= 0.6 is 28.1 Å². The van der Waals surface area contributed by atoms with Gasteiger partial charge in [-0.3, -0.25) is 0 Å². The zero-order valence-electron chi connectivity index (χ0n) is 17.3. The van der Waals surface area contributed by atoms with Crippen LogP contribution in [0.3, 0.4) is 0 Å². The Morgan fingerprint density at radius 2 is 1.74 bits per heavy atom. The Morgan fingerprint density at radius 3 is 2.32 bits per heavy atom. The minimum absolute atomic E-state index is 0.0331. The van der Waals surface area contributed by atoms with Gasteiger partial charge in [0.25, 0.3) is 5.17 Å².